The van der Waals surface area contributed by atoms with Gasteiger partial charge in [-0.05, 0) is 11.5 Å². The van der Waals surface area contributed by atoms with Crippen LogP contribution in [0.2, 0.25) is 0 Å². The molecule has 19 heavy (non-hydrogen) atoms. The molecule has 0 spiro atoms. The van der Waals surface area contributed by atoms with Gasteiger partial charge in [0.1, 0.15) is 0 Å². The summed E-state index contributed by atoms with van der Waals surface area (Å²) in [6.45, 7) is 5.77. The van der Waals surface area contributed by atoms with Crippen molar-refractivity contribution in [1.82, 2.24) is 10.2 Å². The highest BCUT2D eigenvalue weighted by Crippen LogP contribution is 2.23. The molecular weight excluding hydrogens is 280 g/mol. The van der Waals surface area contributed by atoms with Crippen LogP contribution in [-0.2, 0) is 6.42 Å². The number of nitrogens with zero attached hydrogens (tertiary/aromatic N) is 2. The largest absolute Gasteiger partial charge is 0.416 e. The van der Waals surface area contributed by atoms with E-state index in [1.54, 1.807) is 0 Å². The minimum atomic E-state index is 0.350. The highest BCUT2D eigenvalue weighted by atomic mass is 35.5. The Labute approximate surface area is 122 Å². The van der Waals surface area contributed by atoms with E-state index in [0.29, 0.717) is 27.8 Å². The van der Waals surface area contributed by atoms with Crippen molar-refractivity contribution in [2.45, 2.75) is 24.5 Å². The SMILES string of the molecule is C=C(Cl)CSc1nnc(CC(C)c2ccccc2)o1. The van der Waals surface area contributed by atoms with Gasteiger partial charge in [-0.15, -0.1) is 10.2 Å². The monoisotopic (exact) mass is 294 g/mol. The Hall–Kier alpha value is -1.26. The molecule has 0 saturated carbocycles. The van der Waals surface area contributed by atoms with Crippen LogP contribution in [0.15, 0.2) is 51.6 Å². The lowest BCUT2D eigenvalue weighted by Gasteiger charge is -2.08. The van der Waals surface area contributed by atoms with Crippen LogP contribution in [-0.4, -0.2) is 16.0 Å². The Morgan fingerprint density at radius 1 is 1.37 bits per heavy atom. The quantitative estimate of drug-likeness (QED) is 0.746. The third-order valence-electron chi connectivity index (χ3n) is 2.65. The zero-order valence-electron chi connectivity index (χ0n) is 10.7. The average Bonchev–Trinajstić information content (AvgIpc) is 2.85. The Morgan fingerprint density at radius 2 is 2.11 bits per heavy atom. The third kappa shape index (κ3) is 4.40. The predicted octanol–water partition coefficient (Wildman–Crippen LogP) is 4.26. The summed E-state index contributed by atoms with van der Waals surface area (Å²) >= 11 is 7.09. The normalized spacial score (nSPS) is 12.3. The van der Waals surface area contributed by atoms with Crippen molar-refractivity contribution in [1.29, 1.82) is 0 Å². The summed E-state index contributed by atoms with van der Waals surface area (Å²) in [5.74, 6) is 1.58. The number of hydrogen-bond donors (Lipinski definition) is 0. The van der Waals surface area contributed by atoms with Crippen LogP contribution in [0.3, 0.4) is 0 Å². The van der Waals surface area contributed by atoms with Crippen molar-refractivity contribution in [3.63, 3.8) is 0 Å². The van der Waals surface area contributed by atoms with Crippen LogP contribution in [0.25, 0.3) is 0 Å². The number of rotatable bonds is 6. The van der Waals surface area contributed by atoms with Crippen LogP contribution >= 0.6 is 23.4 Å². The minimum Gasteiger partial charge on any atom is -0.416 e. The van der Waals surface area contributed by atoms with Crippen molar-refractivity contribution in [3.05, 3.63) is 53.4 Å². The van der Waals surface area contributed by atoms with Gasteiger partial charge in [-0.2, -0.15) is 0 Å². The maximum absolute atomic E-state index is 5.69. The smallest absolute Gasteiger partial charge is 0.276 e. The highest BCUT2D eigenvalue weighted by Gasteiger charge is 2.12. The van der Waals surface area contributed by atoms with Crippen molar-refractivity contribution >= 4 is 23.4 Å². The lowest BCUT2D eigenvalue weighted by molar-refractivity contribution is 0.405. The number of hydrogen-bond acceptors (Lipinski definition) is 4. The second kappa shape index (κ2) is 6.78. The average molecular weight is 295 g/mol. The molecule has 1 aromatic heterocycles. The van der Waals surface area contributed by atoms with E-state index in [-0.39, 0.29) is 0 Å². The van der Waals surface area contributed by atoms with Gasteiger partial charge in [0.2, 0.25) is 5.89 Å². The molecule has 0 saturated heterocycles. The first-order valence-corrected chi connectivity index (χ1v) is 7.35. The van der Waals surface area contributed by atoms with Gasteiger partial charge in [-0.3, -0.25) is 0 Å². The van der Waals surface area contributed by atoms with Crippen molar-refractivity contribution in [3.8, 4) is 0 Å². The van der Waals surface area contributed by atoms with Gasteiger partial charge in [0.15, 0.2) is 0 Å². The fraction of sp³-hybridized carbons (Fsp3) is 0.286. The van der Waals surface area contributed by atoms with Crippen molar-refractivity contribution < 1.29 is 4.42 Å². The van der Waals surface area contributed by atoms with Gasteiger partial charge in [0, 0.05) is 17.2 Å². The number of aromatic nitrogens is 2. The van der Waals surface area contributed by atoms with E-state index in [4.69, 9.17) is 16.0 Å². The van der Waals surface area contributed by atoms with Crippen molar-refractivity contribution in [2.24, 2.45) is 0 Å². The molecule has 2 aromatic rings. The van der Waals surface area contributed by atoms with E-state index in [1.807, 2.05) is 18.2 Å². The van der Waals surface area contributed by atoms with Crippen LogP contribution < -0.4 is 0 Å². The lowest BCUT2D eigenvalue weighted by Crippen LogP contribution is -1.98. The fourth-order valence-electron chi connectivity index (χ4n) is 1.68. The zero-order chi connectivity index (χ0) is 13.7. The van der Waals surface area contributed by atoms with Gasteiger partial charge >= 0.3 is 0 Å². The second-order valence-electron chi connectivity index (χ2n) is 4.28. The first-order chi connectivity index (χ1) is 9.15. The number of thioether (sulfide) groups is 1. The Bertz CT molecular complexity index is 541. The van der Waals surface area contributed by atoms with E-state index < -0.39 is 0 Å². The highest BCUT2D eigenvalue weighted by molar-refractivity contribution is 7.99. The van der Waals surface area contributed by atoms with Gasteiger partial charge in [-0.25, -0.2) is 0 Å². The van der Waals surface area contributed by atoms with Crippen LogP contribution in [0, 0.1) is 0 Å². The molecule has 0 N–H and O–H groups in total. The molecule has 3 nitrogen and oxygen atoms in total. The second-order valence-corrected chi connectivity index (χ2v) is 5.74. The van der Waals surface area contributed by atoms with Gasteiger partial charge in [0.05, 0.1) is 0 Å². The maximum atomic E-state index is 5.69. The zero-order valence-corrected chi connectivity index (χ0v) is 12.2. The lowest BCUT2D eigenvalue weighted by atomic mass is 9.98. The minimum absolute atomic E-state index is 0.350. The molecule has 0 radical (unpaired) electrons. The summed E-state index contributed by atoms with van der Waals surface area (Å²) in [7, 11) is 0. The number of benzene rings is 1. The fourth-order valence-corrected chi connectivity index (χ4v) is 2.38. The van der Waals surface area contributed by atoms with Crippen LogP contribution in [0.4, 0.5) is 0 Å². The topological polar surface area (TPSA) is 38.9 Å². The number of halogens is 1. The molecule has 0 aliphatic rings. The third-order valence-corrected chi connectivity index (χ3v) is 3.85. The predicted molar refractivity (Wildman–Crippen MR) is 78.6 cm³/mol. The van der Waals surface area contributed by atoms with Gasteiger partial charge in [-0.1, -0.05) is 67.2 Å². The van der Waals surface area contributed by atoms with E-state index in [2.05, 4.69) is 35.8 Å². The van der Waals surface area contributed by atoms with E-state index in [9.17, 15) is 0 Å². The Kier molecular flexibility index (Phi) is 5.05. The van der Waals surface area contributed by atoms with E-state index in [0.717, 1.165) is 6.42 Å². The molecule has 1 atom stereocenters. The Morgan fingerprint density at radius 3 is 2.79 bits per heavy atom. The summed E-state index contributed by atoms with van der Waals surface area (Å²) in [4.78, 5) is 0. The summed E-state index contributed by atoms with van der Waals surface area (Å²) in [5.41, 5.74) is 1.27. The molecule has 1 unspecified atom stereocenters. The molecule has 0 bridgehead atoms. The van der Waals surface area contributed by atoms with Crippen LogP contribution in [0.5, 0.6) is 0 Å². The molecule has 0 aliphatic heterocycles. The maximum Gasteiger partial charge on any atom is 0.276 e. The molecule has 1 aromatic carbocycles. The summed E-state index contributed by atoms with van der Waals surface area (Å²) in [5, 5.41) is 9.14. The first-order valence-electron chi connectivity index (χ1n) is 5.98. The summed E-state index contributed by atoms with van der Waals surface area (Å²) < 4.78 is 5.57. The molecular formula is C14H15ClN2OS. The Balaban J connectivity index is 1.94. The molecule has 0 amide bonds. The van der Waals surface area contributed by atoms with Crippen molar-refractivity contribution in [2.75, 3.05) is 5.75 Å². The van der Waals surface area contributed by atoms with Gasteiger partial charge < -0.3 is 4.42 Å². The molecule has 2 rings (SSSR count). The molecule has 5 heteroatoms. The standard InChI is InChI=1S/C14H15ClN2OS/c1-10(12-6-4-3-5-7-12)8-13-16-17-14(18-13)19-9-11(2)15/h3-7,10H,2,8-9H2,1H3. The van der Waals surface area contributed by atoms with Crippen LogP contribution in [0.1, 0.15) is 24.3 Å². The molecule has 100 valence electrons. The van der Waals surface area contributed by atoms with E-state index in [1.165, 1.54) is 17.3 Å². The molecule has 1 heterocycles. The first kappa shape index (κ1) is 14.2. The molecule has 0 aliphatic carbocycles. The summed E-state index contributed by atoms with van der Waals surface area (Å²) in [6.07, 6.45) is 0.736. The van der Waals surface area contributed by atoms with Gasteiger partial charge in [0.25, 0.3) is 5.22 Å². The molecule has 0 fully saturated rings. The summed E-state index contributed by atoms with van der Waals surface area (Å²) in [6, 6.07) is 10.3. The van der Waals surface area contributed by atoms with E-state index >= 15 is 0 Å².